The zero-order valence-electron chi connectivity index (χ0n) is 8.66. The Bertz CT molecular complexity index is 238. The molecule has 1 amide bonds. The van der Waals surface area contributed by atoms with Crippen LogP contribution >= 0.6 is 0 Å². The molecule has 0 radical (unpaired) electrons. The number of carbonyl (C=O) groups is 2. The summed E-state index contributed by atoms with van der Waals surface area (Å²) in [4.78, 5) is 22.2. The van der Waals surface area contributed by atoms with Gasteiger partial charge in [-0.25, -0.2) is 4.79 Å². The van der Waals surface area contributed by atoms with Crippen molar-refractivity contribution in [3.05, 3.63) is 0 Å². The Labute approximate surface area is 88.0 Å². The lowest BCUT2D eigenvalue weighted by atomic mass is 10.2. The molecule has 0 aliphatic carbocycles. The summed E-state index contributed by atoms with van der Waals surface area (Å²) in [5.41, 5.74) is 0. The summed E-state index contributed by atoms with van der Waals surface area (Å²) >= 11 is 0. The summed E-state index contributed by atoms with van der Waals surface area (Å²) in [7, 11) is 1.19. The third-order valence-electron chi connectivity index (χ3n) is 2.32. The number of methoxy groups -OCH3 is 1. The molecule has 1 heterocycles. The third kappa shape index (κ3) is 3.49. The molecule has 1 aliphatic heterocycles. The van der Waals surface area contributed by atoms with Gasteiger partial charge in [0.2, 0.25) is 5.91 Å². The van der Waals surface area contributed by atoms with E-state index in [-0.39, 0.29) is 18.5 Å². The van der Waals surface area contributed by atoms with Crippen LogP contribution in [0, 0.1) is 0 Å². The first-order valence-corrected chi connectivity index (χ1v) is 4.92. The van der Waals surface area contributed by atoms with Gasteiger partial charge in [0.25, 0.3) is 0 Å². The number of carbonyl (C=O) groups excluding carboxylic acids is 2. The Balaban J connectivity index is 2.24. The zero-order chi connectivity index (χ0) is 11.3. The maximum Gasteiger partial charge on any atom is 0.336 e. The van der Waals surface area contributed by atoms with Gasteiger partial charge in [-0.05, 0) is 19.4 Å². The molecule has 0 bridgehead atoms. The molecule has 3 N–H and O–H groups in total. The summed E-state index contributed by atoms with van der Waals surface area (Å²) in [5, 5.41) is 14.7. The molecular weight excluding hydrogens is 200 g/mol. The largest absolute Gasteiger partial charge is 0.467 e. The zero-order valence-corrected chi connectivity index (χ0v) is 8.66. The number of ether oxygens (including phenoxy) is 1. The van der Waals surface area contributed by atoms with Crippen molar-refractivity contribution in [1.29, 1.82) is 0 Å². The van der Waals surface area contributed by atoms with Crippen molar-refractivity contribution in [3.63, 3.8) is 0 Å². The van der Waals surface area contributed by atoms with Crippen LogP contribution in [0.2, 0.25) is 0 Å². The minimum atomic E-state index is -1.29. The van der Waals surface area contributed by atoms with Crippen molar-refractivity contribution in [2.24, 2.45) is 0 Å². The molecule has 0 aromatic heterocycles. The van der Waals surface area contributed by atoms with Crippen LogP contribution in [0.3, 0.4) is 0 Å². The second-order valence-electron chi connectivity index (χ2n) is 3.43. The molecule has 6 heteroatoms. The molecule has 0 aromatic rings. The summed E-state index contributed by atoms with van der Waals surface area (Å²) < 4.78 is 4.31. The van der Waals surface area contributed by atoms with Crippen LogP contribution < -0.4 is 10.6 Å². The summed E-state index contributed by atoms with van der Waals surface area (Å²) in [5.74, 6) is -0.926. The summed E-state index contributed by atoms with van der Waals surface area (Å²) in [6.45, 7) is 0.724. The molecule has 0 aromatic carbocycles. The Morgan fingerprint density at radius 2 is 2.40 bits per heavy atom. The lowest BCUT2D eigenvalue weighted by Gasteiger charge is -2.13. The fourth-order valence-corrected chi connectivity index (χ4v) is 1.45. The second-order valence-corrected chi connectivity index (χ2v) is 3.43. The molecule has 1 rings (SSSR count). The van der Waals surface area contributed by atoms with Crippen LogP contribution in [0.15, 0.2) is 0 Å². The van der Waals surface area contributed by atoms with Crippen LogP contribution in [0.1, 0.15) is 12.8 Å². The molecule has 1 unspecified atom stereocenters. The maximum absolute atomic E-state index is 11.4. The van der Waals surface area contributed by atoms with Crippen LogP contribution in [0.25, 0.3) is 0 Å². The standard InChI is InChI=1S/C9H16N2O4/c1-15-9(14)7(12)5-11-8(13)6-3-2-4-10-6/h6-7,10,12H,2-5H2,1H3,(H,11,13)/t6-,7?/m1/s1. The Kier molecular flexibility index (Phi) is 4.51. The molecule has 86 valence electrons. The van der Waals surface area contributed by atoms with Crippen molar-refractivity contribution >= 4 is 11.9 Å². The first-order chi connectivity index (χ1) is 7.15. The molecule has 15 heavy (non-hydrogen) atoms. The van der Waals surface area contributed by atoms with Crippen molar-refractivity contribution in [1.82, 2.24) is 10.6 Å². The van der Waals surface area contributed by atoms with Gasteiger partial charge in [-0.15, -0.1) is 0 Å². The van der Waals surface area contributed by atoms with Gasteiger partial charge in [-0.2, -0.15) is 0 Å². The SMILES string of the molecule is COC(=O)C(O)CNC(=O)[C@H]1CCCN1. The molecule has 0 saturated carbocycles. The lowest BCUT2D eigenvalue weighted by Crippen LogP contribution is -2.45. The summed E-state index contributed by atoms with van der Waals surface area (Å²) in [6.07, 6.45) is 0.470. The molecule has 0 spiro atoms. The van der Waals surface area contributed by atoms with Crippen molar-refractivity contribution in [2.75, 3.05) is 20.2 Å². The number of aliphatic hydroxyl groups is 1. The predicted octanol–water partition coefficient (Wildman–Crippen LogP) is -1.61. The van der Waals surface area contributed by atoms with Gasteiger partial charge in [0, 0.05) is 0 Å². The minimum absolute atomic E-state index is 0.107. The number of amides is 1. The van der Waals surface area contributed by atoms with Crippen LogP contribution in [0.5, 0.6) is 0 Å². The lowest BCUT2D eigenvalue weighted by molar-refractivity contribution is -0.150. The van der Waals surface area contributed by atoms with E-state index in [2.05, 4.69) is 15.4 Å². The number of aliphatic hydroxyl groups excluding tert-OH is 1. The van der Waals surface area contributed by atoms with Gasteiger partial charge in [-0.1, -0.05) is 0 Å². The van der Waals surface area contributed by atoms with E-state index in [9.17, 15) is 14.7 Å². The van der Waals surface area contributed by atoms with Crippen LogP contribution in [-0.2, 0) is 14.3 Å². The predicted molar refractivity (Wildman–Crippen MR) is 52.1 cm³/mol. The number of rotatable bonds is 4. The molecule has 6 nitrogen and oxygen atoms in total. The van der Waals surface area contributed by atoms with Gasteiger partial charge in [0.05, 0.1) is 19.7 Å². The molecule has 1 saturated heterocycles. The normalized spacial score (nSPS) is 22.1. The number of nitrogens with one attached hydrogen (secondary N) is 2. The maximum atomic E-state index is 11.4. The van der Waals surface area contributed by atoms with Crippen LogP contribution in [-0.4, -0.2) is 49.3 Å². The van der Waals surface area contributed by atoms with Crippen molar-refractivity contribution in [2.45, 2.75) is 25.0 Å². The smallest absolute Gasteiger partial charge is 0.336 e. The minimum Gasteiger partial charge on any atom is -0.467 e. The number of hydrogen-bond acceptors (Lipinski definition) is 5. The monoisotopic (exact) mass is 216 g/mol. The van der Waals surface area contributed by atoms with Gasteiger partial charge in [0.15, 0.2) is 6.10 Å². The van der Waals surface area contributed by atoms with Crippen molar-refractivity contribution < 1.29 is 19.4 Å². The molecule has 2 atom stereocenters. The van der Waals surface area contributed by atoms with Crippen molar-refractivity contribution in [3.8, 4) is 0 Å². The highest BCUT2D eigenvalue weighted by Gasteiger charge is 2.23. The molecular formula is C9H16N2O4. The Morgan fingerprint density at radius 1 is 1.67 bits per heavy atom. The quantitative estimate of drug-likeness (QED) is 0.492. The van der Waals surface area contributed by atoms with E-state index in [1.807, 2.05) is 0 Å². The second kappa shape index (κ2) is 5.67. The van der Waals surface area contributed by atoms with Gasteiger partial charge in [-0.3, -0.25) is 4.79 Å². The Hall–Kier alpha value is -1.14. The average Bonchev–Trinajstić information content (AvgIpc) is 2.77. The van der Waals surface area contributed by atoms with Gasteiger partial charge < -0.3 is 20.5 Å². The highest BCUT2D eigenvalue weighted by Crippen LogP contribution is 2.04. The van der Waals surface area contributed by atoms with E-state index in [1.54, 1.807) is 0 Å². The fourth-order valence-electron chi connectivity index (χ4n) is 1.45. The third-order valence-corrected chi connectivity index (χ3v) is 2.32. The summed E-state index contributed by atoms with van der Waals surface area (Å²) in [6, 6.07) is -0.199. The van der Waals surface area contributed by atoms with E-state index in [0.717, 1.165) is 19.4 Å². The topological polar surface area (TPSA) is 87.7 Å². The van der Waals surface area contributed by atoms with E-state index in [4.69, 9.17) is 0 Å². The van der Waals surface area contributed by atoms with E-state index in [1.165, 1.54) is 7.11 Å². The average molecular weight is 216 g/mol. The van der Waals surface area contributed by atoms with Gasteiger partial charge >= 0.3 is 5.97 Å². The highest BCUT2D eigenvalue weighted by molar-refractivity contribution is 5.83. The fraction of sp³-hybridized carbons (Fsp3) is 0.778. The van der Waals surface area contributed by atoms with Crippen LogP contribution in [0.4, 0.5) is 0 Å². The molecule has 1 aliphatic rings. The van der Waals surface area contributed by atoms with E-state index >= 15 is 0 Å². The van der Waals surface area contributed by atoms with E-state index in [0.29, 0.717) is 0 Å². The number of esters is 1. The highest BCUT2D eigenvalue weighted by atomic mass is 16.5. The van der Waals surface area contributed by atoms with E-state index < -0.39 is 12.1 Å². The first kappa shape index (κ1) is 11.9. The first-order valence-electron chi connectivity index (χ1n) is 4.92. The molecule has 1 fully saturated rings. The van der Waals surface area contributed by atoms with Gasteiger partial charge in [0.1, 0.15) is 0 Å². The number of hydrogen-bond donors (Lipinski definition) is 3. The Morgan fingerprint density at radius 3 is 2.93 bits per heavy atom.